The van der Waals surface area contributed by atoms with E-state index in [0.717, 1.165) is 0 Å². The maximum Gasteiger partial charge on any atom is 0.390 e. The van der Waals surface area contributed by atoms with Gasteiger partial charge in [0, 0.05) is 36.7 Å². The molecule has 1 aliphatic rings. The Morgan fingerprint density at radius 3 is 2.21 bits per heavy atom. The first kappa shape index (κ1) is 21.3. The summed E-state index contributed by atoms with van der Waals surface area (Å²) in [6, 6.07) is 2.52. The average molecular weight is 434 g/mol. The molecule has 0 unspecified atom stereocenters. The minimum atomic E-state index is -4.25. The largest absolute Gasteiger partial charge is 0.493 e. The summed E-state index contributed by atoms with van der Waals surface area (Å²) < 4.78 is 50.3. The lowest BCUT2D eigenvalue weighted by Crippen LogP contribution is -2.46. The van der Waals surface area contributed by atoms with Crippen molar-refractivity contribution in [3.05, 3.63) is 22.2 Å². The lowest BCUT2D eigenvalue weighted by Gasteiger charge is -2.36. The minimum absolute atomic E-state index is 0. The number of alkyl halides is 3. The van der Waals surface area contributed by atoms with Crippen LogP contribution in [0.15, 0.2) is 16.6 Å². The van der Waals surface area contributed by atoms with E-state index in [2.05, 4.69) is 21.2 Å². The summed E-state index contributed by atoms with van der Waals surface area (Å²) in [4.78, 5) is 1.86. The van der Waals surface area contributed by atoms with Crippen LogP contribution in [0.2, 0.25) is 0 Å². The van der Waals surface area contributed by atoms with Gasteiger partial charge in [0.25, 0.3) is 0 Å². The highest BCUT2D eigenvalue weighted by molar-refractivity contribution is 9.10. The predicted molar refractivity (Wildman–Crippen MR) is 92.3 cm³/mol. The SMILES string of the molecule is COc1cc(Br)c([C@@H](CC(F)(F)F)N2CCNCC2)cc1OC.Cl. The molecule has 0 bridgehead atoms. The molecule has 1 atom stereocenters. The number of nitrogens with zero attached hydrogens (tertiary/aromatic N) is 1. The lowest BCUT2D eigenvalue weighted by molar-refractivity contribution is -0.148. The number of rotatable bonds is 5. The number of ether oxygens (including phenoxy) is 2. The third-order valence-corrected chi connectivity index (χ3v) is 4.57. The Bertz CT molecular complexity index is 540. The van der Waals surface area contributed by atoms with E-state index < -0.39 is 18.6 Å². The van der Waals surface area contributed by atoms with Crippen LogP contribution >= 0.6 is 28.3 Å². The molecule has 24 heavy (non-hydrogen) atoms. The lowest BCUT2D eigenvalue weighted by atomic mass is 10.00. The van der Waals surface area contributed by atoms with E-state index in [0.29, 0.717) is 47.7 Å². The molecular formula is C15H21BrClF3N2O2. The van der Waals surface area contributed by atoms with Crippen LogP contribution in [-0.2, 0) is 0 Å². The first-order valence-electron chi connectivity index (χ1n) is 7.28. The van der Waals surface area contributed by atoms with E-state index >= 15 is 0 Å². The number of halogens is 5. The number of hydrogen-bond donors (Lipinski definition) is 1. The van der Waals surface area contributed by atoms with Gasteiger partial charge in [0.15, 0.2) is 11.5 Å². The Balaban J connectivity index is 0.00000288. The summed E-state index contributed by atoms with van der Waals surface area (Å²) in [7, 11) is 2.96. The number of benzene rings is 1. The maximum atomic E-state index is 13.1. The second-order valence-corrected chi connectivity index (χ2v) is 6.20. The smallest absolute Gasteiger partial charge is 0.390 e. The van der Waals surface area contributed by atoms with Gasteiger partial charge in [-0.3, -0.25) is 4.90 Å². The summed E-state index contributed by atoms with van der Waals surface area (Å²) in [5, 5.41) is 3.16. The van der Waals surface area contributed by atoms with Gasteiger partial charge in [-0.2, -0.15) is 13.2 Å². The summed E-state index contributed by atoms with van der Waals surface area (Å²) in [6.07, 6.45) is -5.15. The first-order chi connectivity index (χ1) is 10.9. The van der Waals surface area contributed by atoms with Gasteiger partial charge in [-0.25, -0.2) is 0 Å². The van der Waals surface area contributed by atoms with Crippen LogP contribution in [0.5, 0.6) is 11.5 Å². The molecule has 0 amide bonds. The topological polar surface area (TPSA) is 33.7 Å². The van der Waals surface area contributed by atoms with E-state index in [4.69, 9.17) is 9.47 Å². The second-order valence-electron chi connectivity index (χ2n) is 5.35. The van der Waals surface area contributed by atoms with Crippen molar-refractivity contribution in [2.24, 2.45) is 0 Å². The van der Waals surface area contributed by atoms with Gasteiger partial charge in [-0.1, -0.05) is 15.9 Å². The molecule has 1 aromatic rings. The molecule has 9 heteroatoms. The van der Waals surface area contributed by atoms with Gasteiger partial charge in [0.05, 0.1) is 20.6 Å². The van der Waals surface area contributed by atoms with Crippen molar-refractivity contribution >= 4 is 28.3 Å². The Hall–Kier alpha value is -0.700. The molecule has 1 N–H and O–H groups in total. The fraction of sp³-hybridized carbons (Fsp3) is 0.600. The van der Waals surface area contributed by atoms with Gasteiger partial charge < -0.3 is 14.8 Å². The molecule has 1 aliphatic heterocycles. The van der Waals surface area contributed by atoms with Crippen LogP contribution in [0.3, 0.4) is 0 Å². The second kappa shape index (κ2) is 9.12. The zero-order valence-corrected chi connectivity index (χ0v) is 15.9. The quantitative estimate of drug-likeness (QED) is 0.766. The monoisotopic (exact) mass is 432 g/mol. The van der Waals surface area contributed by atoms with Crippen LogP contribution in [0.25, 0.3) is 0 Å². The highest BCUT2D eigenvalue weighted by Gasteiger charge is 2.37. The van der Waals surface area contributed by atoms with Gasteiger partial charge in [-0.15, -0.1) is 12.4 Å². The van der Waals surface area contributed by atoms with Crippen molar-refractivity contribution < 1.29 is 22.6 Å². The molecule has 0 radical (unpaired) electrons. The fourth-order valence-electron chi connectivity index (χ4n) is 2.77. The average Bonchev–Trinajstić information content (AvgIpc) is 2.52. The normalized spacial score (nSPS) is 17.1. The van der Waals surface area contributed by atoms with E-state index in [-0.39, 0.29) is 12.4 Å². The van der Waals surface area contributed by atoms with Crippen LogP contribution in [0.4, 0.5) is 13.2 Å². The van der Waals surface area contributed by atoms with Gasteiger partial charge in [0.2, 0.25) is 0 Å². The van der Waals surface area contributed by atoms with E-state index in [1.54, 1.807) is 12.1 Å². The number of piperazine rings is 1. The summed E-state index contributed by atoms with van der Waals surface area (Å²) in [5.74, 6) is 0.905. The summed E-state index contributed by atoms with van der Waals surface area (Å²) in [5.41, 5.74) is 0.557. The van der Waals surface area contributed by atoms with Crippen LogP contribution in [0.1, 0.15) is 18.0 Å². The molecule has 0 aliphatic carbocycles. The van der Waals surface area contributed by atoms with Crippen LogP contribution in [-0.4, -0.2) is 51.5 Å². The summed E-state index contributed by atoms with van der Waals surface area (Å²) >= 11 is 3.38. The summed E-state index contributed by atoms with van der Waals surface area (Å²) in [6.45, 7) is 2.50. The Labute approximate surface area is 154 Å². The van der Waals surface area contributed by atoms with Crippen molar-refractivity contribution in [2.45, 2.75) is 18.6 Å². The zero-order valence-electron chi connectivity index (χ0n) is 13.5. The van der Waals surface area contributed by atoms with Crippen molar-refractivity contribution in [2.75, 3.05) is 40.4 Å². The number of hydrogen-bond acceptors (Lipinski definition) is 4. The Morgan fingerprint density at radius 2 is 1.71 bits per heavy atom. The first-order valence-corrected chi connectivity index (χ1v) is 8.08. The Morgan fingerprint density at radius 1 is 1.17 bits per heavy atom. The van der Waals surface area contributed by atoms with E-state index in [9.17, 15) is 13.2 Å². The maximum absolute atomic E-state index is 13.1. The third-order valence-electron chi connectivity index (χ3n) is 3.88. The minimum Gasteiger partial charge on any atom is -0.493 e. The highest BCUT2D eigenvalue weighted by atomic mass is 79.9. The van der Waals surface area contributed by atoms with Gasteiger partial charge in [-0.05, 0) is 17.7 Å². The predicted octanol–water partition coefficient (Wildman–Crippen LogP) is 3.79. The van der Waals surface area contributed by atoms with E-state index in [1.165, 1.54) is 14.2 Å². The molecule has 4 nitrogen and oxygen atoms in total. The zero-order chi connectivity index (χ0) is 17.0. The van der Waals surface area contributed by atoms with Crippen LogP contribution in [0, 0.1) is 0 Å². The molecule has 0 aromatic heterocycles. The van der Waals surface area contributed by atoms with Gasteiger partial charge >= 0.3 is 6.18 Å². The van der Waals surface area contributed by atoms with Crippen molar-refractivity contribution in [3.8, 4) is 11.5 Å². The molecule has 138 valence electrons. The van der Waals surface area contributed by atoms with Crippen LogP contribution < -0.4 is 14.8 Å². The molecule has 2 rings (SSSR count). The number of methoxy groups -OCH3 is 2. The molecule has 1 saturated heterocycles. The third kappa shape index (κ3) is 5.40. The Kier molecular flexibility index (Phi) is 8.11. The molecular weight excluding hydrogens is 413 g/mol. The standard InChI is InChI=1S/C15H20BrF3N2O2.ClH/c1-22-13-7-10(11(16)8-14(13)23-2)12(9-15(17,18)19)21-5-3-20-4-6-21;/h7-8,12,20H,3-6,9H2,1-2H3;1H/t12-;/m1./s1. The number of nitrogens with one attached hydrogen (secondary N) is 1. The molecule has 1 aromatic carbocycles. The molecule has 1 heterocycles. The fourth-order valence-corrected chi connectivity index (χ4v) is 3.36. The van der Waals surface area contributed by atoms with Crippen molar-refractivity contribution in [1.29, 1.82) is 0 Å². The molecule has 1 fully saturated rings. The van der Waals surface area contributed by atoms with Crippen molar-refractivity contribution in [3.63, 3.8) is 0 Å². The van der Waals surface area contributed by atoms with Crippen molar-refractivity contribution in [1.82, 2.24) is 10.2 Å². The highest BCUT2D eigenvalue weighted by Crippen LogP contribution is 2.41. The van der Waals surface area contributed by atoms with Gasteiger partial charge in [0.1, 0.15) is 0 Å². The molecule has 0 saturated carbocycles. The van der Waals surface area contributed by atoms with E-state index in [1.807, 2.05) is 4.90 Å². The molecule has 0 spiro atoms.